The molecule has 0 amide bonds. The van der Waals surface area contributed by atoms with Crippen LogP contribution < -0.4 is 10.6 Å². The van der Waals surface area contributed by atoms with E-state index < -0.39 is 5.41 Å². The van der Waals surface area contributed by atoms with Gasteiger partial charge in [-0.15, -0.1) is 0 Å². The molecule has 5 rings (SSSR count). The summed E-state index contributed by atoms with van der Waals surface area (Å²) in [5.41, 5.74) is 3.62. The van der Waals surface area contributed by atoms with Gasteiger partial charge in [0, 0.05) is 23.0 Å². The average Bonchev–Trinajstić information content (AvgIpc) is 2.86. The van der Waals surface area contributed by atoms with Crippen LogP contribution in [0.4, 0.5) is 27.5 Å². The van der Waals surface area contributed by atoms with Crippen LogP contribution in [0.15, 0.2) is 84.9 Å². The summed E-state index contributed by atoms with van der Waals surface area (Å²) in [6, 6.07) is 25.5. The molecule has 1 aliphatic rings. The molecule has 1 fully saturated rings. The smallest absolute Gasteiger partial charge is 0.316 e. The third-order valence-electron chi connectivity index (χ3n) is 6.39. The van der Waals surface area contributed by atoms with Gasteiger partial charge in [0.05, 0.1) is 18.2 Å². The highest BCUT2D eigenvalue weighted by atomic mass is 19.1. The van der Waals surface area contributed by atoms with Crippen LogP contribution >= 0.6 is 0 Å². The Morgan fingerprint density at radius 1 is 0.886 bits per heavy atom. The number of hydrogen-bond donors (Lipinski definition) is 2. The first kappa shape index (κ1) is 22.5. The maximum Gasteiger partial charge on any atom is 0.316 e. The molecule has 1 saturated carbocycles. The molecule has 7 heteroatoms. The summed E-state index contributed by atoms with van der Waals surface area (Å²) in [6.07, 6.45) is 2.61. The van der Waals surface area contributed by atoms with E-state index in [-0.39, 0.29) is 11.8 Å². The minimum Gasteiger partial charge on any atom is -0.468 e. The summed E-state index contributed by atoms with van der Waals surface area (Å²) in [5, 5.41) is 6.49. The van der Waals surface area contributed by atoms with Crippen molar-refractivity contribution in [3.05, 3.63) is 96.3 Å². The lowest BCUT2D eigenvalue weighted by Gasteiger charge is -2.39. The fourth-order valence-corrected chi connectivity index (χ4v) is 4.34. The predicted molar refractivity (Wildman–Crippen MR) is 134 cm³/mol. The topological polar surface area (TPSA) is 76.1 Å². The lowest BCUT2D eigenvalue weighted by molar-refractivity contribution is -0.151. The van der Waals surface area contributed by atoms with E-state index in [1.54, 1.807) is 12.1 Å². The predicted octanol–water partition coefficient (Wildman–Crippen LogP) is 6.36. The molecule has 1 aromatic heterocycles. The molecule has 0 aliphatic heterocycles. The van der Waals surface area contributed by atoms with Gasteiger partial charge < -0.3 is 15.4 Å². The molecule has 0 bridgehead atoms. The molecule has 0 spiro atoms. The molecule has 1 heterocycles. The first-order valence-corrected chi connectivity index (χ1v) is 11.5. The quantitative estimate of drug-likeness (QED) is 0.307. The summed E-state index contributed by atoms with van der Waals surface area (Å²) in [7, 11) is 1.44. The Balaban J connectivity index is 1.43. The number of carbonyl (C=O) groups is 1. The van der Waals surface area contributed by atoms with Crippen molar-refractivity contribution in [2.75, 3.05) is 17.7 Å². The van der Waals surface area contributed by atoms with Crippen molar-refractivity contribution in [2.45, 2.75) is 24.7 Å². The lowest BCUT2D eigenvalue weighted by atomic mass is 9.64. The average molecular weight is 469 g/mol. The van der Waals surface area contributed by atoms with Gasteiger partial charge >= 0.3 is 5.97 Å². The fraction of sp³-hybridized carbons (Fsp3) is 0.179. The van der Waals surface area contributed by atoms with Gasteiger partial charge in [-0.05, 0) is 54.8 Å². The van der Waals surface area contributed by atoms with Gasteiger partial charge in [0.1, 0.15) is 11.6 Å². The number of ether oxygens (including phenoxy) is 1. The maximum absolute atomic E-state index is 13.3. The number of methoxy groups -OCH3 is 1. The van der Waals surface area contributed by atoms with E-state index in [1.165, 1.54) is 19.2 Å². The first-order chi connectivity index (χ1) is 17.1. The van der Waals surface area contributed by atoms with Gasteiger partial charge in [0.25, 0.3) is 0 Å². The minimum absolute atomic E-state index is 0.181. The third-order valence-corrected chi connectivity index (χ3v) is 6.39. The Morgan fingerprint density at radius 3 is 2.17 bits per heavy atom. The van der Waals surface area contributed by atoms with E-state index in [2.05, 4.69) is 15.6 Å². The standard InChI is InChI=1S/C28H25FN4O2/c1-35-26(34)28(16-5-17-28)20-8-12-23(13-9-20)31-27-32-24(19-6-3-2-4-7-19)18-25(33-27)30-22-14-10-21(29)11-15-22/h2-4,6-15,18H,5,16-17H2,1H3,(H2,30,31,32,33). The summed E-state index contributed by atoms with van der Waals surface area (Å²) < 4.78 is 18.4. The van der Waals surface area contributed by atoms with Crippen molar-refractivity contribution in [2.24, 2.45) is 0 Å². The molecule has 0 radical (unpaired) electrons. The zero-order valence-corrected chi connectivity index (χ0v) is 19.3. The number of nitrogens with one attached hydrogen (secondary N) is 2. The highest BCUT2D eigenvalue weighted by Crippen LogP contribution is 2.45. The van der Waals surface area contributed by atoms with E-state index in [0.717, 1.165) is 41.8 Å². The zero-order valence-electron chi connectivity index (χ0n) is 19.3. The van der Waals surface area contributed by atoms with Crippen molar-refractivity contribution in [3.63, 3.8) is 0 Å². The molecule has 35 heavy (non-hydrogen) atoms. The molecule has 176 valence electrons. The van der Waals surface area contributed by atoms with Crippen molar-refractivity contribution < 1.29 is 13.9 Å². The third kappa shape index (κ3) is 4.71. The van der Waals surface area contributed by atoms with Crippen LogP contribution in [0, 0.1) is 5.82 Å². The molecule has 0 unspecified atom stereocenters. The number of nitrogens with zero attached hydrogens (tertiary/aromatic N) is 2. The Morgan fingerprint density at radius 2 is 1.54 bits per heavy atom. The van der Waals surface area contributed by atoms with Gasteiger partial charge in [-0.3, -0.25) is 4.79 Å². The number of carbonyl (C=O) groups excluding carboxylic acids is 1. The second-order valence-corrected chi connectivity index (χ2v) is 8.59. The van der Waals surface area contributed by atoms with Crippen LogP contribution in [0.5, 0.6) is 0 Å². The van der Waals surface area contributed by atoms with Gasteiger partial charge in [-0.1, -0.05) is 48.9 Å². The summed E-state index contributed by atoms with van der Waals surface area (Å²) in [5.74, 6) is 0.503. The molecule has 4 aromatic rings. The Labute approximate surface area is 203 Å². The van der Waals surface area contributed by atoms with E-state index in [9.17, 15) is 9.18 Å². The number of halogens is 1. The van der Waals surface area contributed by atoms with Crippen LogP contribution in [0.2, 0.25) is 0 Å². The van der Waals surface area contributed by atoms with Gasteiger partial charge in [0.2, 0.25) is 5.95 Å². The zero-order chi connectivity index (χ0) is 24.3. The minimum atomic E-state index is -0.538. The van der Waals surface area contributed by atoms with E-state index in [1.807, 2.05) is 60.7 Å². The fourth-order valence-electron chi connectivity index (χ4n) is 4.34. The molecular weight excluding hydrogens is 443 g/mol. The Hall–Kier alpha value is -4.26. The van der Waals surface area contributed by atoms with Crippen LogP contribution in [0.3, 0.4) is 0 Å². The number of esters is 1. The van der Waals surface area contributed by atoms with Crippen molar-refractivity contribution in [1.82, 2.24) is 9.97 Å². The van der Waals surface area contributed by atoms with Crippen molar-refractivity contribution in [3.8, 4) is 11.3 Å². The molecule has 2 N–H and O–H groups in total. The number of rotatable bonds is 7. The Bertz CT molecular complexity index is 1320. The SMILES string of the molecule is COC(=O)C1(c2ccc(Nc3nc(Nc4ccc(F)cc4)cc(-c4ccccc4)n3)cc2)CCC1. The largest absolute Gasteiger partial charge is 0.468 e. The molecule has 1 aliphatic carbocycles. The van der Waals surface area contributed by atoms with Crippen LogP contribution in [-0.4, -0.2) is 23.0 Å². The monoisotopic (exact) mass is 468 g/mol. The van der Waals surface area contributed by atoms with Gasteiger partial charge in [-0.25, -0.2) is 9.37 Å². The highest BCUT2D eigenvalue weighted by molar-refractivity contribution is 5.84. The Kier molecular flexibility index (Phi) is 6.14. The number of hydrogen-bond acceptors (Lipinski definition) is 6. The summed E-state index contributed by atoms with van der Waals surface area (Å²) >= 11 is 0. The lowest BCUT2D eigenvalue weighted by Crippen LogP contribution is -2.43. The van der Waals surface area contributed by atoms with E-state index in [4.69, 9.17) is 9.72 Å². The molecular formula is C28H25FN4O2. The maximum atomic E-state index is 13.3. The van der Waals surface area contributed by atoms with Crippen LogP contribution in [0.25, 0.3) is 11.3 Å². The van der Waals surface area contributed by atoms with Crippen LogP contribution in [-0.2, 0) is 14.9 Å². The van der Waals surface area contributed by atoms with Gasteiger partial charge in [-0.2, -0.15) is 4.98 Å². The second-order valence-electron chi connectivity index (χ2n) is 8.59. The van der Waals surface area contributed by atoms with Gasteiger partial charge in [0.15, 0.2) is 0 Å². The number of benzene rings is 3. The first-order valence-electron chi connectivity index (χ1n) is 11.5. The second kappa shape index (κ2) is 9.54. The van der Waals surface area contributed by atoms with Crippen LogP contribution in [0.1, 0.15) is 24.8 Å². The number of aromatic nitrogens is 2. The normalized spacial score (nSPS) is 14.0. The molecule has 0 atom stereocenters. The van der Waals surface area contributed by atoms with E-state index in [0.29, 0.717) is 17.5 Å². The van der Waals surface area contributed by atoms with E-state index >= 15 is 0 Å². The molecule has 6 nitrogen and oxygen atoms in total. The summed E-state index contributed by atoms with van der Waals surface area (Å²) in [4.78, 5) is 21.7. The highest BCUT2D eigenvalue weighted by Gasteiger charge is 2.46. The van der Waals surface area contributed by atoms with Crippen molar-refractivity contribution >= 4 is 29.1 Å². The molecule has 3 aromatic carbocycles. The summed E-state index contributed by atoms with van der Waals surface area (Å²) in [6.45, 7) is 0. The number of anilines is 4. The molecule has 0 saturated heterocycles. The van der Waals surface area contributed by atoms with Crippen molar-refractivity contribution in [1.29, 1.82) is 0 Å².